The molecule has 2 aliphatic heterocycles. The lowest BCUT2D eigenvalue weighted by Crippen LogP contribution is -2.43. The lowest BCUT2D eigenvalue weighted by molar-refractivity contribution is -0.129. The Morgan fingerprint density at radius 3 is 2.84 bits per heavy atom. The molecule has 0 aromatic carbocycles. The molecule has 2 fully saturated rings. The Morgan fingerprint density at radius 1 is 1.19 bits per heavy atom. The Labute approximate surface area is 182 Å². The van der Waals surface area contributed by atoms with Crippen molar-refractivity contribution in [1.29, 1.82) is 0 Å². The zero-order valence-corrected chi connectivity index (χ0v) is 18.4. The first-order chi connectivity index (χ1) is 15.1. The molecule has 9 heteroatoms. The average molecular weight is 426 g/mol. The van der Waals surface area contributed by atoms with Gasteiger partial charge in [-0.2, -0.15) is 10.1 Å². The molecule has 1 aliphatic carbocycles. The maximum atomic E-state index is 12.7. The summed E-state index contributed by atoms with van der Waals surface area (Å²) in [5.41, 5.74) is 3.41. The third kappa shape index (κ3) is 3.98. The number of aryl methyl sites for hydroxylation is 1. The number of hydrogen-bond acceptors (Lipinski definition) is 7. The van der Waals surface area contributed by atoms with Gasteiger partial charge in [0.25, 0.3) is 0 Å². The highest BCUT2D eigenvalue weighted by molar-refractivity contribution is 5.85. The molecule has 2 saturated heterocycles. The molecule has 4 heterocycles. The highest BCUT2D eigenvalue weighted by Gasteiger charge is 2.34. The summed E-state index contributed by atoms with van der Waals surface area (Å²) >= 11 is 0. The number of fused-ring (bicyclic) bond motifs is 1. The highest BCUT2D eigenvalue weighted by Crippen LogP contribution is 2.33. The predicted molar refractivity (Wildman–Crippen MR) is 118 cm³/mol. The van der Waals surface area contributed by atoms with Crippen molar-refractivity contribution in [2.45, 2.75) is 56.9 Å². The summed E-state index contributed by atoms with van der Waals surface area (Å²) in [7, 11) is 3.62. The molecule has 0 radical (unpaired) electrons. The minimum absolute atomic E-state index is 0.115. The predicted octanol–water partition coefficient (Wildman–Crippen LogP) is 2.38. The van der Waals surface area contributed by atoms with Gasteiger partial charge in [0.1, 0.15) is 11.9 Å². The first-order valence-corrected chi connectivity index (χ1v) is 11.4. The summed E-state index contributed by atoms with van der Waals surface area (Å²) in [6.07, 6.45) is 6.85. The molecule has 2 N–H and O–H groups in total. The Morgan fingerprint density at radius 2 is 2.03 bits per heavy atom. The number of ether oxygens (including phenoxy) is 1. The summed E-state index contributed by atoms with van der Waals surface area (Å²) in [5, 5.41) is 11.1. The van der Waals surface area contributed by atoms with Crippen molar-refractivity contribution in [2.24, 2.45) is 0 Å². The van der Waals surface area contributed by atoms with Crippen LogP contribution in [0, 0.1) is 0 Å². The molecule has 2 aromatic heterocycles. The van der Waals surface area contributed by atoms with E-state index in [4.69, 9.17) is 14.7 Å². The number of nitrogens with zero attached hydrogens (tertiary/aromatic N) is 5. The number of aromatic nitrogens is 4. The fourth-order valence-electron chi connectivity index (χ4n) is 4.95. The van der Waals surface area contributed by atoms with Crippen molar-refractivity contribution in [3.05, 3.63) is 23.0 Å². The number of amides is 1. The molecule has 9 nitrogen and oxygen atoms in total. The zero-order chi connectivity index (χ0) is 21.4. The molecule has 31 heavy (non-hydrogen) atoms. The van der Waals surface area contributed by atoms with Crippen molar-refractivity contribution in [2.75, 3.05) is 44.1 Å². The zero-order valence-electron chi connectivity index (χ0n) is 18.4. The summed E-state index contributed by atoms with van der Waals surface area (Å²) in [4.78, 5) is 26.2. The smallest absolute Gasteiger partial charge is 0.244 e. The van der Waals surface area contributed by atoms with Gasteiger partial charge in [0, 0.05) is 57.1 Å². The van der Waals surface area contributed by atoms with Gasteiger partial charge in [0.2, 0.25) is 11.9 Å². The Kier molecular flexibility index (Phi) is 5.52. The molecular formula is C22H31N7O2. The van der Waals surface area contributed by atoms with Gasteiger partial charge in [-0.25, -0.2) is 4.98 Å². The van der Waals surface area contributed by atoms with Crippen LogP contribution in [0.15, 0.2) is 6.07 Å². The van der Waals surface area contributed by atoms with E-state index in [9.17, 15) is 4.79 Å². The molecule has 1 atom stereocenters. The van der Waals surface area contributed by atoms with Crippen LogP contribution >= 0.6 is 0 Å². The molecule has 166 valence electrons. The lowest BCUT2D eigenvalue weighted by Gasteiger charge is -2.27. The van der Waals surface area contributed by atoms with E-state index < -0.39 is 0 Å². The SMILES string of the molecule is CN(C)C(=O)[C@H]1CCCN1c1nc2c(c(Nc3cc(C4CCOCC4)[nH]n3)n1)CCC2. The first kappa shape index (κ1) is 20.2. The second-order valence-electron chi connectivity index (χ2n) is 8.96. The van der Waals surface area contributed by atoms with Gasteiger partial charge < -0.3 is 19.9 Å². The molecular weight excluding hydrogens is 394 g/mol. The fourth-order valence-corrected chi connectivity index (χ4v) is 4.95. The Bertz CT molecular complexity index is 951. The first-order valence-electron chi connectivity index (χ1n) is 11.4. The molecule has 0 bridgehead atoms. The van der Waals surface area contributed by atoms with Crippen molar-refractivity contribution in [1.82, 2.24) is 25.1 Å². The van der Waals surface area contributed by atoms with Crippen LogP contribution in [-0.4, -0.2) is 70.9 Å². The number of likely N-dealkylation sites (N-methyl/N-ethyl adjacent to an activating group) is 1. The van der Waals surface area contributed by atoms with Gasteiger partial charge >= 0.3 is 0 Å². The quantitative estimate of drug-likeness (QED) is 0.759. The van der Waals surface area contributed by atoms with Gasteiger partial charge in [0.15, 0.2) is 5.82 Å². The number of hydrogen-bond donors (Lipinski definition) is 2. The van der Waals surface area contributed by atoms with Crippen LogP contribution in [0.25, 0.3) is 0 Å². The number of anilines is 3. The largest absolute Gasteiger partial charge is 0.381 e. The van der Waals surface area contributed by atoms with E-state index >= 15 is 0 Å². The molecule has 0 spiro atoms. The van der Waals surface area contributed by atoms with Crippen molar-refractivity contribution in [3.63, 3.8) is 0 Å². The standard InChI is InChI=1S/C22H31N7O2/c1-28(2)21(30)18-7-4-10-29(18)22-23-16-6-3-5-15(16)20(25-22)24-19-13-17(26-27-19)14-8-11-31-12-9-14/h13-14,18H,3-12H2,1-2H3,(H2,23,24,25,26,27)/t18-/m1/s1. The van der Waals surface area contributed by atoms with Crippen molar-refractivity contribution in [3.8, 4) is 0 Å². The molecule has 0 unspecified atom stereocenters. The van der Waals surface area contributed by atoms with Gasteiger partial charge in [0.05, 0.1) is 5.69 Å². The van der Waals surface area contributed by atoms with E-state index in [1.165, 1.54) is 5.56 Å². The normalized spacial score (nSPS) is 21.4. The number of rotatable bonds is 5. The lowest BCUT2D eigenvalue weighted by atomic mass is 9.97. The molecule has 3 aliphatic rings. The third-order valence-corrected chi connectivity index (χ3v) is 6.66. The Hall–Kier alpha value is -2.68. The average Bonchev–Trinajstić information content (AvgIpc) is 3.53. The van der Waals surface area contributed by atoms with Crippen LogP contribution in [0.2, 0.25) is 0 Å². The van der Waals surface area contributed by atoms with Gasteiger partial charge in [-0.15, -0.1) is 0 Å². The third-order valence-electron chi connectivity index (χ3n) is 6.66. The summed E-state index contributed by atoms with van der Waals surface area (Å²) in [5.74, 6) is 2.84. The van der Waals surface area contributed by atoms with Crippen LogP contribution in [0.4, 0.5) is 17.6 Å². The topological polar surface area (TPSA) is 99.3 Å². The van der Waals surface area contributed by atoms with Gasteiger partial charge in [-0.1, -0.05) is 0 Å². The highest BCUT2D eigenvalue weighted by atomic mass is 16.5. The fraction of sp³-hybridized carbons (Fsp3) is 0.636. The number of carbonyl (C=O) groups is 1. The maximum absolute atomic E-state index is 12.7. The van der Waals surface area contributed by atoms with Gasteiger partial charge in [-0.05, 0) is 44.9 Å². The van der Waals surface area contributed by atoms with E-state index in [1.807, 2.05) is 14.1 Å². The molecule has 1 amide bonds. The minimum Gasteiger partial charge on any atom is -0.381 e. The van der Waals surface area contributed by atoms with Crippen LogP contribution < -0.4 is 10.2 Å². The van der Waals surface area contributed by atoms with E-state index in [1.54, 1.807) is 4.90 Å². The monoisotopic (exact) mass is 425 g/mol. The van der Waals surface area contributed by atoms with E-state index in [0.717, 1.165) is 87.7 Å². The molecule has 2 aromatic rings. The van der Waals surface area contributed by atoms with Gasteiger partial charge in [-0.3, -0.25) is 9.89 Å². The number of carbonyl (C=O) groups excluding carboxylic acids is 1. The van der Waals surface area contributed by atoms with E-state index in [0.29, 0.717) is 11.9 Å². The van der Waals surface area contributed by atoms with Crippen LogP contribution in [0.3, 0.4) is 0 Å². The van der Waals surface area contributed by atoms with Crippen molar-refractivity contribution < 1.29 is 9.53 Å². The summed E-state index contributed by atoms with van der Waals surface area (Å²) in [6, 6.07) is 1.90. The summed E-state index contributed by atoms with van der Waals surface area (Å²) < 4.78 is 5.48. The van der Waals surface area contributed by atoms with E-state index in [-0.39, 0.29) is 11.9 Å². The Balaban J connectivity index is 1.41. The van der Waals surface area contributed by atoms with E-state index in [2.05, 4.69) is 26.5 Å². The number of H-pyrrole nitrogens is 1. The molecule has 5 rings (SSSR count). The van der Waals surface area contributed by atoms with Crippen LogP contribution in [0.5, 0.6) is 0 Å². The second-order valence-corrected chi connectivity index (χ2v) is 8.96. The van der Waals surface area contributed by atoms with Crippen molar-refractivity contribution >= 4 is 23.5 Å². The minimum atomic E-state index is -0.187. The summed E-state index contributed by atoms with van der Waals surface area (Å²) in [6.45, 7) is 2.41. The second kappa shape index (κ2) is 8.45. The van der Waals surface area contributed by atoms with Crippen LogP contribution in [0.1, 0.15) is 55.0 Å². The molecule has 0 saturated carbocycles. The number of nitrogens with one attached hydrogen (secondary N) is 2. The van der Waals surface area contributed by atoms with Crippen LogP contribution in [-0.2, 0) is 22.4 Å². The number of aromatic amines is 1. The maximum Gasteiger partial charge on any atom is 0.244 e.